The molecular weight excluding hydrogens is 346 g/mol. The molecule has 0 bridgehead atoms. The van der Waals surface area contributed by atoms with Crippen LogP contribution in [0.15, 0.2) is 40.9 Å². The molecule has 22 heavy (non-hydrogen) atoms. The van der Waals surface area contributed by atoms with Crippen molar-refractivity contribution >= 4 is 32.8 Å². The van der Waals surface area contributed by atoms with Gasteiger partial charge in [0.2, 0.25) is 0 Å². The number of carbonyl (C=O) groups is 1. The number of phenols is 1. The molecule has 112 valence electrons. The lowest BCUT2D eigenvalue weighted by Gasteiger charge is -2.09. The van der Waals surface area contributed by atoms with Gasteiger partial charge in [-0.05, 0) is 46.1 Å². The number of nitrogens with one attached hydrogen (secondary N) is 1. The summed E-state index contributed by atoms with van der Waals surface area (Å²) in [7, 11) is 0. The lowest BCUT2D eigenvalue weighted by Crippen LogP contribution is -2.01. The van der Waals surface area contributed by atoms with Crippen LogP contribution in [0.5, 0.6) is 5.75 Å². The molecule has 3 N–H and O–H groups in total. The number of aromatic nitrogens is 1. The molecule has 0 saturated carbocycles. The molecule has 1 heterocycles. The second kappa shape index (κ2) is 5.50. The van der Waals surface area contributed by atoms with Crippen LogP contribution >= 0.6 is 15.9 Å². The molecule has 0 aliphatic heterocycles. The summed E-state index contributed by atoms with van der Waals surface area (Å²) in [5.74, 6) is -1.02. The summed E-state index contributed by atoms with van der Waals surface area (Å²) >= 11 is 3.17. The number of hydrogen-bond donors (Lipinski definition) is 3. The van der Waals surface area contributed by atoms with E-state index in [9.17, 15) is 15.0 Å². The first-order chi connectivity index (χ1) is 10.5. The highest BCUT2D eigenvalue weighted by molar-refractivity contribution is 9.10. The van der Waals surface area contributed by atoms with Crippen molar-refractivity contribution in [1.82, 2.24) is 4.98 Å². The number of benzene rings is 2. The van der Waals surface area contributed by atoms with Crippen LogP contribution in [0.4, 0.5) is 0 Å². The Bertz CT molecular complexity index is 883. The van der Waals surface area contributed by atoms with Crippen molar-refractivity contribution in [1.29, 1.82) is 0 Å². The third-order valence-electron chi connectivity index (χ3n) is 3.75. The van der Waals surface area contributed by atoms with E-state index in [-0.39, 0.29) is 11.3 Å². The van der Waals surface area contributed by atoms with Crippen LogP contribution in [0, 0.1) is 0 Å². The topological polar surface area (TPSA) is 73.3 Å². The number of rotatable bonds is 3. The second-order valence-electron chi connectivity index (χ2n) is 5.03. The predicted molar refractivity (Wildman–Crippen MR) is 89.4 cm³/mol. The van der Waals surface area contributed by atoms with Gasteiger partial charge in [0, 0.05) is 16.5 Å². The van der Waals surface area contributed by atoms with E-state index >= 15 is 0 Å². The molecule has 3 rings (SSSR count). The number of aryl methyl sites for hydroxylation is 1. The maximum Gasteiger partial charge on any atom is 0.336 e. The maximum atomic E-state index is 11.6. The number of aromatic hydroxyl groups is 1. The van der Waals surface area contributed by atoms with Crippen LogP contribution in [0.3, 0.4) is 0 Å². The molecule has 0 aliphatic rings. The Balaban J connectivity index is 2.36. The fourth-order valence-electron chi connectivity index (χ4n) is 2.74. The van der Waals surface area contributed by atoms with Crippen LogP contribution in [0.1, 0.15) is 22.8 Å². The number of phenolic OH excluding ortho intramolecular Hbond substituents is 1. The summed E-state index contributed by atoms with van der Waals surface area (Å²) in [6, 6.07) is 10.8. The van der Waals surface area contributed by atoms with Gasteiger partial charge >= 0.3 is 5.97 Å². The van der Waals surface area contributed by atoms with Gasteiger partial charge in [0.05, 0.1) is 15.7 Å². The van der Waals surface area contributed by atoms with Crippen molar-refractivity contribution in [3.05, 3.63) is 52.0 Å². The summed E-state index contributed by atoms with van der Waals surface area (Å²) < 4.78 is 0.364. The molecule has 0 fully saturated rings. The van der Waals surface area contributed by atoms with Gasteiger partial charge in [0.15, 0.2) is 0 Å². The smallest absolute Gasteiger partial charge is 0.336 e. The minimum absolute atomic E-state index is 0.0145. The molecule has 0 radical (unpaired) electrons. The van der Waals surface area contributed by atoms with E-state index < -0.39 is 5.97 Å². The van der Waals surface area contributed by atoms with E-state index in [1.54, 1.807) is 0 Å². The highest BCUT2D eigenvalue weighted by Crippen LogP contribution is 2.37. The van der Waals surface area contributed by atoms with Gasteiger partial charge in [0.25, 0.3) is 0 Å². The minimum Gasteiger partial charge on any atom is -0.507 e. The van der Waals surface area contributed by atoms with Gasteiger partial charge in [-0.2, -0.15) is 0 Å². The molecule has 2 aromatic carbocycles. The van der Waals surface area contributed by atoms with Crippen molar-refractivity contribution in [3.8, 4) is 17.0 Å². The van der Waals surface area contributed by atoms with Crippen LogP contribution in [-0.2, 0) is 6.42 Å². The Morgan fingerprint density at radius 3 is 2.68 bits per heavy atom. The molecule has 0 spiro atoms. The monoisotopic (exact) mass is 359 g/mol. The van der Waals surface area contributed by atoms with Crippen molar-refractivity contribution in [3.63, 3.8) is 0 Å². The molecule has 0 atom stereocenters. The van der Waals surface area contributed by atoms with Crippen molar-refractivity contribution in [2.75, 3.05) is 0 Å². The van der Waals surface area contributed by atoms with Crippen molar-refractivity contribution < 1.29 is 15.0 Å². The van der Waals surface area contributed by atoms with Crippen LogP contribution in [-0.4, -0.2) is 21.2 Å². The molecular formula is C17H14BrNO3. The largest absolute Gasteiger partial charge is 0.507 e. The van der Waals surface area contributed by atoms with E-state index in [0.29, 0.717) is 10.0 Å². The number of carboxylic acids is 1. The number of halogens is 1. The Hall–Kier alpha value is -2.27. The quantitative estimate of drug-likeness (QED) is 0.641. The standard InChI is InChI=1S/C17H14BrNO3/c1-2-9-10-5-3-4-6-14(10)19-16(9)11-8-15(20)13(18)7-12(11)17(21)22/h3-8,19-20H,2H2,1H3,(H,21,22). The van der Waals surface area contributed by atoms with Gasteiger partial charge in [0.1, 0.15) is 5.75 Å². The summed E-state index contributed by atoms with van der Waals surface area (Å²) in [4.78, 5) is 14.8. The fraction of sp³-hybridized carbons (Fsp3) is 0.118. The summed E-state index contributed by atoms with van der Waals surface area (Å²) in [5, 5.41) is 20.5. The van der Waals surface area contributed by atoms with E-state index in [2.05, 4.69) is 20.9 Å². The Labute approximate surface area is 135 Å². The summed E-state index contributed by atoms with van der Waals surface area (Å²) in [5.41, 5.74) is 3.36. The van der Waals surface area contributed by atoms with Crippen LogP contribution in [0.2, 0.25) is 0 Å². The summed E-state index contributed by atoms with van der Waals surface area (Å²) in [6.07, 6.45) is 0.759. The number of hydrogen-bond acceptors (Lipinski definition) is 2. The average Bonchev–Trinajstić information content (AvgIpc) is 2.87. The van der Waals surface area contributed by atoms with E-state index in [4.69, 9.17) is 0 Å². The maximum absolute atomic E-state index is 11.6. The first kappa shape index (κ1) is 14.7. The first-order valence-electron chi connectivity index (χ1n) is 6.88. The lowest BCUT2D eigenvalue weighted by molar-refractivity contribution is 0.0697. The van der Waals surface area contributed by atoms with Gasteiger partial charge in [-0.25, -0.2) is 4.79 Å². The molecule has 4 nitrogen and oxygen atoms in total. The van der Waals surface area contributed by atoms with E-state index in [1.807, 2.05) is 31.2 Å². The van der Waals surface area contributed by atoms with Gasteiger partial charge in [-0.3, -0.25) is 0 Å². The number of aromatic amines is 1. The number of carboxylic acid groups (broad SMARTS) is 1. The second-order valence-corrected chi connectivity index (χ2v) is 5.89. The molecule has 5 heteroatoms. The van der Waals surface area contributed by atoms with E-state index in [1.165, 1.54) is 12.1 Å². The SMILES string of the molecule is CCc1c(-c2cc(O)c(Br)cc2C(=O)O)[nH]c2ccccc12. The average molecular weight is 360 g/mol. The Morgan fingerprint density at radius 2 is 2.00 bits per heavy atom. The highest BCUT2D eigenvalue weighted by Gasteiger charge is 2.20. The number of fused-ring (bicyclic) bond motifs is 1. The van der Waals surface area contributed by atoms with Crippen LogP contribution in [0.25, 0.3) is 22.2 Å². The number of H-pyrrole nitrogens is 1. The molecule has 0 amide bonds. The van der Waals surface area contributed by atoms with Crippen molar-refractivity contribution in [2.45, 2.75) is 13.3 Å². The molecule has 3 aromatic rings. The molecule has 0 saturated heterocycles. The predicted octanol–water partition coefficient (Wildman–Crippen LogP) is 4.56. The van der Waals surface area contributed by atoms with Gasteiger partial charge < -0.3 is 15.2 Å². The van der Waals surface area contributed by atoms with E-state index in [0.717, 1.165) is 28.6 Å². The summed E-state index contributed by atoms with van der Waals surface area (Å²) in [6.45, 7) is 2.03. The molecule has 1 aromatic heterocycles. The van der Waals surface area contributed by atoms with Crippen LogP contribution < -0.4 is 0 Å². The number of para-hydroxylation sites is 1. The van der Waals surface area contributed by atoms with Gasteiger partial charge in [-0.15, -0.1) is 0 Å². The third kappa shape index (κ3) is 2.27. The molecule has 0 unspecified atom stereocenters. The molecule has 0 aliphatic carbocycles. The highest BCUT2D eigenvalue weighted by atomic mass is 79.9. The minimum atomic E-state index is -1.03. The zero-order chi connectivity index (χ0) is 15.9. The lowest BCUT2D eigenvalue weighted by atomic mass is 9.99. The number of aromatic carboxylic acids is 1. The Kier molecular flexibility index (Phi) is 3.66. The normalized spacial score (nSPS) is 11.0. The third-order valence-corrected chi connectivity index (χ3v) is 4.39. The van der Waals surface area contributed by atoms with Crippen molar-refractivity contribution in [2.24, 2.45) is 0 Å². The zero-order valence-corrected chi connectivity index (χ0v) is 13.4. The van der Waals surface area contributed by atoms with Gasteiger partial charge in [-0.1, -0.05) is 25.1 Å². The Morgan fingerprint density at radius 1 is 1.27 bits per heavy atom. The first-order valence-corrected chi connectivity index (χ1v) is 7.68. The zero-order valence-electron chi connectivity index (χ0n) is 11.9. The fourth-order valence-corrected chi connectivity index (χ4v) is 3.09.